The number of ether oxygens (including phenoxy) is 1. The van der Waals surface area contributed by atoms with E-state index < -0.39 is 5.97 Å². The van der Waals surface area contributed by atoms with Crippen LogP contribution in [0, 0.1) is 5.92 Å². The third-order valence-electron chi connectivity index (χ3n) is 5.17. The fourth-order valence-corrected chi connectivity index (χ4v) is 3.65. The SMILES string of the molecule is COC(=O)c1cnn2c(N[C@H](C)C(C)C)c(C3CCCC3)c(Cl)nc12. The quantitative estimate of drug-likeness (QED) is 0.633. The molecule has 136 valence electrons. The number of nitrogens with one attached hydrogen (secondary N) is 1. The number of anilines is 1. The number of fused-ring (bicyclic) bond motifs is 1. The number of aromatic nitrogens is 3. The molecule has 2 aromatic heterocycles. The second-order valence-corrected chi connectivity index (χ2v) is 7.47. The zero-order valence-corrected chi connectivity index (χ0v) is 15.9. The summed E-state index contributed by atoms with van der Waals surface area (Å²) in [6, 6.07) is 0.229. The highest BCUT2D eigenvalue weighted by Gasteiger charge is 2.28. The Morgan fingerprint density at radius 3 is 2.64 bits per heavy atom. The van der Waals surface area contributed by atoms with E-state index in [0.29, 0.717) is 28.2 Å². The molecule has 25 heavy (non-hydrogen) atoms. The van der Waals surface area contributed by atoms with E-state index in [9.17, 15) is 4.79 Å². The van der Waals surface area contributed by atoms with Crippen LogP contribution in [0.3, 0.4) is 0 Å². The van der Waals surface area contributed by atoms with Gasteiger partial charge in [-0.25, -0.2) is 9.78 Å². The molecule has 0 aromatic carbocycles. The van der Waals surface area contributed by atoms with Crippen molar-refractivity contribution in [2.24, 2.45) is 5.92 Å². The molecule has 0 spiro atoms. The summed E-state index contributed by atoms with van der Waals surface area (Å²) < 4.78 is 6.54. The van der Waals surface area contributed by atoms with Gasteiger partial charge in [0.15, 0.2) is 5.65 Å². The minimum Gasteiger partial charge on any atom is -0.465 e. The first kappa shape index (κ1) is 18.0. The van der Waals surface area contributed by atoms with Crippen molar-refractivity contribution in [2.45, 2.75) is 58.4 Å². The molecule has 0 aliphatic heterocycles. The molecular weight excluding hydrogens is 340 g/mol. The van der Waals surface area contributed by atoms with Crippen molar-refractivity contribution in [3.63, 3.8) is 0 Å². The van der Waals surface area contributed by atoms with Gasteiger partial charge in [0.1, 0.15) is 16.5 Å². The molecule has 0 unspecified atom stereocenters. The van der Waals surface area contributed by atoms with Crippen LogP contribution in [0.2, 0.25) is 5.15 Å². The number of esters is 1. The fourth-order valence-electron chi connectivity index (χ4n) is 3.33. The van der Waals surface area contributed by atoms with Crippen molar-refractivity contribution in [1.82, 2.24) is 14.6 Å². The van der Waals surface area contributed by atoms with E-state index in [1.54, 1.807) is 4.52 Å². The molecule has 1 aliphatic carbocycles. The van der Waals surface area contributed by atoms with Crippen molar-refractivity contribution in [1.29, 1.82) is 0 Å². The van der Waals surface area contributed by atoms with Gasteiger partial charge in [0.2, 0.25) is 0 Å². The molecule has 3 rings (SSSR count). The van der Waals surface area contributed by atoms with Crippen LogP contribution in [0.25, 0.3) is 5.65 Å². The number of carbonyl (C=O) groups is 1. The monoisotopic (exact) mass is 364 g/mol. The summed E-state index contributed by atoms with van der Waals surface area (Å²) in [5, 5.41) is 8.42. The Morgan fingerprint density at radius 2 is 2.04 bits per heavy atom. The molecule has 0 radical (unpaired) electrons. The minimum atomic E-state index is -0.463. The van der Waals surface area contributed by atoms with Crippen molar-refractivity contribution in [3.05, 3.63) is 22.5 Å². The molecule has 0 saturated heterocycles. The number of halogens is 1. The van der Waals surface area contributed by atoms with Gasteiger partial charge >= 0.3 is 5.97 Å². The molecule has 1 fully saturated rings. The molecule has 0 amide bonds. The van der Waals surface area contributed by atoms with E-state index in [0.717, 1.165) is 24.2 Å². The topological polar surface area (TPSA) is 68.5 Å². The lowest BCUT2D eigenvalue weighted by Gasteiger charge is -2.24. The Labute approximate surface area is 152 Å². The second-order valence-electron chi connectivity index (χ2n) is 7.11. The molecule has 0 bridgehead atoms. The van der Waals surface area contributed by atoms with E-state index in [1.807, 2.05) is 0 Å². The summed E-state index contributed by atoms with van der Waals surface area (Å²) in [6.07, 6.45) is 6.09. The number of nitrogens with zero attached hydrogens (tertiary/aromatic N) is 3. The summed E-state index contributed by atoms with van der Waals surface area (Å²) in [7, 11) is 1.35. The Morgan fingerprint density at radius 1 is 1.36 bits per heavy atom. The minimum absolute atomic E-state index is 0.229. The fraction of sp³-hybridized carbons (Fsp3) is 0.611. The van der Waals surface area contributed by atoms with Gasteiger partial charge in [-0.05, 0) is 31.6 Å². The molecule has 2 aromatic rings. The Kier molecular flexibility index (Phi) is 5.18. The summed E-state index contributed by atoms with van der Waals surface area (Å²) >= 11 is 6.58. The van der Waals surface area contributed by atoms with Gasteiger partial charge in [-0.3, -0.25) is 0 Å². The summed E-state index contributed by atoms with van der Waals surface area (Å²) in [6.45, 7) is 6.46. The molecule has 1 atom stereocenters. The van der Waals surface area contributed by atoms with Gasteiger partial charge in [0.05, 0.1) is 13.3 Å². The van der Waals surface area contributed by atoms with Crippen LogP contribution in [0.15, 0.2) is 6.20 Å². The average Bonchev–Trinajstić information content (AvgIpc) is 3.23. The van der Waals surface area contributed by atoms with Gasteiger partial charge in [-0.15, -0.1) is 0 Å². The molecule has 6 nitrogen and oxygen atoms in total. The largest absolute Gasteiger partial charge is 0.465 e. The van der Waals surface area contributed by atoms with E-state index in [2.05, 4.69) is 36.2 Å². The molecule has 1 saturated carbocycles. The van der Waals surface area contributed by atoms with E-state index in [1.165, 1.54) is 26.1 Å². The molecular formula is C18H25ClN4O2. The maximum Gasteiger partial charge on any atom is 0.343 e. The van der Waals surface area contributed by atoms with Gasteiger partial charge in [0.25, 0.3) is 0 Å². The number of hydrogen-bond acceptors (Lipinski definition) is 5. The van der Waals surface area contributed by atoms with Crippen molar-refractivity contribution < 1.29 is 9.53 Å². The standard InChI is InChI=1S/C18H25ClN4O2/c1-10(2)11(3)21-17-14(12-7-5-6-8-12)15(19)22-16-13(18(24)25-4)9-20-23(16)17/h9-12,21H,5-8H2,1-4H3/t11-/m1/s1. The first-order valence-electron chi connectivity index (χ1n) is 8.86. The predicted octanol–water partition coefficient (Wildman–Crippen LogP) is 4.28. The number of hydrogen-bond donors (Lipinski definition) is 1. The maximum absolute atomic E-state index is 12.0. The van der Waals surface area contributed by atoms with Crippen LogP contribution < -0.4 is 5.32 Å². The van der Waals surface area contributed by atoms with Crippen molar-refractivity contribution in [3.8, 4) is 0 Å². The van der Waals surface area contributed by atoms with Crippen LogP contribution in [0.5, 0.6) is 0 Å². The van der Waals surface area contributed by atoms with Gasteiger partial charge in [0, 0.05) is 11.6 Å². The van der Waals surface area contributed by atoms with Crippen LogP contribution in [0.1, 0.15) is 68.3 Å². The predicted molar refractivity (Wildman–Crippen MR) is 98.5 cm³/mol. The number of rotatable bonds is 5. The Balaban J connectivity index is 2.19. The van der Waals surface area contributed by atoms with Gasteiger partial charge < -0.3 is 10.1 Å². The highest BCUT2D eigenvalue weighted by molar-refractivity contribution is 6.30. The summed E-state index contributed by atoms with van der Waals surface area (Å²) in [4.78, 5) is 16.5. The second kappa shape index (κ2) is 7.20. The normalized spacial score (nSPS) is 16.6. The first-order chi connectivity index (χ1) is 11.9. The maximum atomic E-state index is 12.0. The average molecular weight is 365 g/mol. The molecule has 1 N–H and O–H groups in total. The smallest absolute Gasteiger partial charge is 0.343 e. The van der Waals surface area contributed by atoms with Gasteiger partial charge in [-0.1, -0.05) is 38.3 Å². The lowest BCUT2D eigenvalue weighted by molar-refractivity contribution is 0.0602. The summed E-state index contributed by atoms with van der Waals surface area (Å²) in [5.74, 6) is 1.19. The van der Waals surface area contributed by atoms with Gasteiger partial charge in [-0.2, -0.15) is 9.61 Å². The zero-order chi connectivity index (χ0) is 18.1. The molecule has 1 aliphatic rings. The highest BCUT2D eigenvalue weighted by Crippen LogP contribution is 2.41. The van der Waals surface area contributed by atoms with Crippen LogP contribution in [0.4, 0.5) is 5.82 Å². The number of carbonyl (C=O) groups excluding carboxylic acids is 1. The highest BCUT2D eigenvalue weighted by atomic mass is 35.5. The van der Waals surface area contributed by atoms with Crippen LogP contribution in [-0.4, -0.2) is 33.7 Å². The van der Waals surface area contributed by atoms with Crippen molar-refractivity contribution >= 4 is 29.0 Å². The summed E-state index contributed by atoms with van der Waals surface area (Å²) in [5.41, 5.74) is 1.76. The van der Waals surface area contributed by atoms with E-state index in [4.69, 9.17) is 16.3 Å². The molecule has 7 heteroatoms. The van der Waals surface area contributed by atoms with E-state index in [-0.39, 0.29) is 6.04 Å². The Hall–Kier alpha value is -1.82. The van der Waals surface area contributed by atoms with Crippen LogP contribution in [-0.2, 0) is 4.74 Å². The zero-order valence-electron chi connectivity index (χ0n) is 15.2. The molecule has 2 heterocycles. The lowest BCUT2D eigenvalue weighted by Crippen LogP contribution is -2.25. The number of methoxy groups -OCH3 is 1. The third kappa shape index (κ3) is 3.32. The van der Waals surface area contributed by atoms with E-state index >= 15 is 0 Å². The van der Waals surface area contributed by atoms with Crippen molar-refractivity contribution in [2.75, 3.05) is 12.4 Å². The van der Waals surface area contributed by atoms with Crippen LogP contribution >= 0.6 is 11.6 Å². The lowest BCUT2D eigenvalue weighted by atomic mass is 9.98. The third-order valence-corrected chi connectivity index (χ3v) is 5.46. The Bertz CT molecular complexity index is 781. The first-order valence-corrected chi connectivity index (χ1v) is 9.23.